The molecule has 1 fully saturated rings. The Hall–Kier alpha value is -1.26. The van der Waals surface area contributed by atoms with Gasteiger partial charge >= 0.3 is 0 Å². The van der Waals surface area contributed by atoms with Crippen molar-refractivity contribution in [2.45, 2.75) is 13.8 Å². The predicted molar refractivity (Wildman–Crippen MR) is 80.7 cm³/mol. The van der Waals surface area contributed by atoms with Crippen molar-refractivity contribution < 1.29 is 4.74 Å². The van der Waals surface area contributed by atoms with Gasteiger partial charge in [-0.3, -0.25) is 4.90 Å². The van der Waals surface area contributed by atoms with E-state index in [1.54, 1.807) is 0 Å². The molecule has 2 N–H and O–H groups in total. The highest BCUT2D eigenvalue weighted by molar-refractivity contribution is 5.58. The third kappa shape index (κ3) is 3.85. The van der Waals surface area contributed by atoms with Gasteiger partial charge in [0, 0.05) is 44.1 Å². The van der Waals surface area contributed by atoms with Gasteiger partial charge in [-0.05, 0) is 37.6 Å². The second kappa shape index (κ2) is 6.78. The van der Waals surface area contributed by atoms with Crippen LogP contribution in [0, 0.1) is 6.92 Å². The van der Waals surface area contributed by atoms with Gasteiger partial charge < -0.3 is 15.4 Å². The van der Waals surface area contributed by atoms with Gasteiger partial charge in [-0.15, -0.1) is 0 Å². The van der Waals surface area contributed by atoms with Gasteiger partial charge in [-0.1, -0.05) is 0 Å². The summed E-state index contributed by atoms with van der Waals surface area (Å²) in [4.78, 5) is 4.87. The van der Waals surface area contributed by atoms with Gasteiger partial charge in [0.2, 0.25) is 0 Å². The summed E-state index contributed by atoms with van der Waals surface area (Å²) in [5, 5.41) is 0. The molecule has 1 aromatic rings. The van der Waals surface area contributed by atoms with E-state index < -0.39 is 0 Å². The molecule has 4 nitrogen and oxygen atoms in total. The third-order valence-electron chi connectivity index (χ3n) is 3.79. The van der Waals surface area contributed by atoms with Crippen molar-refractivity contribution in [2.24, 2.45) is 0 Å². The number of likely N-dealkylation sites (N-methyl/N-ethyl adjacent to an activating group) is 1. The van der Waals surface area contributed by atoms with Gasteiger partial charge in [0.15, 0.2) is 0 Å². The van der Waals surface area contributed by atoms with E-state index in [4.69, 9.17) is 10.5 Å². The van der Waals surface area contributed by atoms with Crippen LogP contribution in [0.25, 0.3) is 0 Å². The number of benzene rings is 1. The molecule has 0 radical (unpaired) electrons. The molecular formula is C15H25N3O. The van der Waals surface area contributed by atoms with Crippen LogP contribution in [0.2, 0.25) is 0 Å². The van der Waals surface area contributed by atoms with Crippen LogP contribution in [0.4, 0.5) is 11.4 Å². The van der Waals surface area contributed by atoms with Crippen molar-refractivity contribution in [2.75, 3.05) is 56.6 Å². The summed E-state index contributed by atoms with van der Waals surface area (Å²) in [5.41, 5.74) is 9.17. The zero-order valence-electron chi connectivity index (χ0n) is 12.1. The van der Waals surface area contributed by atoms with E-state index in [1.165, 1.54) is 5.69 Å². The van der Waals surface area contributed by atoms with Gasteiger partial charge in [0.25, 0.3) is 0 Å². The first-order valence-corrected chi connectivity index (χ1v) is 7.12. The van der Waals surface area contributed by atoms with E-state index in [0.29, 0.717) is 0 Å². The molecule has 0 saturated carbocycles. The molecule has 1 heterocycles. The molecule has 1 saturated heterocycles. The van der Waals surface area contributed by atoms with E-state index in [1.807, 2.05) is 6.07 Å². The van der Waals surface area contributed by atoms with Crippen molar-refractivity contribution in [3.8, 4) is 0 Å². The van der Waals surface area contributed by atoms with E-state index in [2.05, 4.69) is 35.8 Å². The van der Waals surface area contributed by atoms with Crippen LogP contribution in [0.3, 0.4) is 0 Å². The molecule has 4 heteroatoms. The molecule has 0 atom stereocenters. The molecule has 106 valence electrons. The fourth-order valence-electron chi connectivity index (χ4n) is 2.41. The van der Waals surface area contributed by atoms with Gasteiger partial charge in [-0.25, -0.2) is 0 Å². The Labute approximate surface area is 116 Å². The van der Waals surface area contributed by atoms with Crippen molar-refractivity contribution in [1.29, 1.82) is 0 Å². The highest BCUT2D eigenvalue weighted by Crippen LogP contribution is 2.20. The second-order valence-electron chi connectivity index (χ2n) is 5.07. The predicted octanol–water partition coefficient (Wildman–Crippen LogP) is 1.74. The fraction of sp³-hybridized carbons (Fsp3) is 0.600. The average Bonchev–Trinajstić information content (AvgIpc) is 2.44. The van der Waals surface area contributed by atoms with E-state index in [-0.39, 0.29) is 0 Å². The Morgan fingerprint density at radius 2 is 2.05 bits per heavy atom. The first-order valence-electron chi connectivity index (χ1n) is 7.12. The molecular weight excluding hydrogens is 238 g/mol. The molecule has 0 bridgehead atoms. The largest absolute Gasteiger partial charge is 0.399 e. The number of nitrogens with zero attached hydrogens (tertiary/aromatic N) is 2. The van der Waals surface area contributed by atoms with Crippen LogP contribution in [-0.4, -0.2) is 50.8 Å². The summed E-state index contributed by atoms with van der Waals surface area (Å²) in [6, 6.07) is 6.30. The molecule has 0 spiro atoms. The lowest BCUT2D eigenvalue weighted by molar-refractivity contribution is 0.0392. The molecule has 1 aliphatic heterocycles. The maximum Gasteiger partial charge on any atom is 0.0594 e. The molecule has 19 heavy (non-hydrogen) atoms. The summed E-state index contributed by atoms with van der Waals surface area (Å²) in [6.07, 6.45) is 0. The molecule has 0 aromatic heterocycles. The minimum absolute atomic E-state index is 0.868. The standard InChI is InChI=1S/C15H25N3O/c1-3-18(7-6-17-8-10-19-11-9-17)14-4-5-15(16)13(2)12-14/h4-5,12H,3,6-11,16H2,1-2H3. The number of anilines is 2. The van der Waals surface area contributed by atoms with E-state index in [9.17, 15) is 0 Å². The Kier molecular flexibility index (Phi) is 5.05. The summed E-state index contributed by atoms with van der Waals surface area (Å²) in [5.74, 6) is 0. The lowest BCUT2D eigenvalue weighted by Gasteiger charge is -2.30. The highest BCUT2D eigenvalue weighted by Gasteiger charge is 2.12. The Bertz CT molecular complexity index is 402. The number of rotatable bonds is 5. The quantitative estimate of drug-likeness (QED) is 0.822. The Balaban J connectivity index is 1.93. The molecule has 0 unspecified atom stereocenters. The number of nitrogen functional groups attached to an aromatic ring is 1. The molecule has 2 rings (SSSR count). The van der Waals surface area contributed by atoms with E-state index >= 15 is 0 Å². The van der Waals surface area contributed by atoms with Crippen LogP contribution in [-0.2, 0) is 4.74 Å². The lowest BCUT2D eigenvalue weighted by Crippen LogP contribution is -2.41. The van der Waals surface area contributed by atoms with Crippen LogP contribution < -0.4 is 10.6 Å². The van der Waals surface area contributed by atoms with Gasteiger partial charge in [0.1, 0.15) is 0 Å². The summed E-state index contributed by atoms with van der Waals surface area (Å²) in [7, 11) is 0. The normalized spacial score (nSPS) is 16.5. The number of hydrogen-bond donors (Lipinski definition) is 1. The minimum atomic E-state index is 0.868. The number of aryl methyl sites for hydroxylation is 1. The van der Waals surface area contributed by atoms with Crippen molar-refractivity contribution in [3.05, 3.63) is 23.8 Å². The van der Waals surface area contributed by atoms with Crippen molar-refractivity contribution >= 4 is 11.4 Å². The molecule has 1 aromatic carbocycles. The van der Waals surface area contributed by atoms with Crippen molar-refractivity contribution in [1.82, 2.24) is 4.90 Å². The van der Waals surface area contributed by atoms with Gasteiger partial charge in [-0.2, -0.15) is 0 Å². The molecule has 0 amide bonds. The van der Waals surface area contributed by atoms with E-state index in [0.717, 1.165) is 57.2 Å². The van der Waals surface area contributed by atoms with Crippen LogP contribution in [0.5, 0.6) is 0 Å². The number of ether oxygens (including phenoxy) is 1. The van der Waals surface area contributed by atoms with Gasteiger partial charge in [0.05, 0.1) is 13.2 Å². The Morgan fingerprint density at radius 3 is 2.68 bits per heavy atom. The topological polar surface area (TPSA) is 41.7 Å². The highest BCUT2D eigenvalue weighted by atomic mass is 16.5. The van der Waals surface area contributed by atoms with Crippen molar-refractivity contribution in [3.63, 3.8) is 0 Å². The summed E-state index contributed by atoms with van der Waals surface area (Å²) >= 11 is 0. The van der Waals surface area contributed by atoms with Crippen LogP contribution >= 0.6 is 0 Å². The zero-order valence-corrected chi connectivity index (χ0v) is 12.1. The first kappa shape index (κ1) is 14.2. The number of nitrogens with two attached hydrogens (primary N) is 1. The smallest absolute Gasteiger partial charge is 0.0594 e. The molecule has 0 aliphatic carbocycles. The third-order valence-corrected chi connectivity index (χ3v) is 3.79. The van der Waals surface area contributed by atoms with Crippen LogP contribution in [0.1, 0.15) is 12.5 Å². The maximum absolute atomic E-state index is 5.88. The SMILES string of the molecule is CCN(CCN1CCOCC1)c1ccc(N)c(C)c1. The average molecular weight is 263 g/mol. The maximum atomic E-state index is 5.88. The summed E-state index contributed by atoms with van der Waals surface area (Å²) in [6.45, 7) is 11.3. The zero-order chi connectivity index (χ0) is 13.7. The second-order valence-corrected chi connectivity index (χ2v) is 5.07. The number of morpholine rings is 1. The Morgan fingerprint density at radius 1 is 1.32 bits per heavy atom. The van der Waals surface area contributed by atoms with Crippen LogP contribution in [0.15, 0.2) is 18.2 Å². The monoisotopic (exact) mass is 263 g/mol. The fourth-order valence-corrected chi connectivity index (χ4v) is 2.41. The minimum Gasteiger partial charge on any atom is -0.399 e. The summed E-state index contributed by atoms with van der Waals surface area (Å²) < 4.78 is 5.38. The molecule has 1 aliphatic rings. The lowest BCUT2D eigenvalue weighted by atomic mass is 10.1. The number of hydrogen-bond acceptors (Lipinski definition) is 4. The first-order chi connectivity index (χ1) is 9.20.